The number of carboxylic acids is 2. The Balaban J connectivity index is 1.81. The Kier molecular flexibility index (Phi) is 9.72. The molecule has 3 aromatic rings. The van der Waals surface area contributed by atoms with Crippen molar-refractivity contribution in [3.8, 4) is 0 Å². The molecule has 10 N–H and O–H groups in total. The molecule has 1 aromatic carbocycles. The summed E-state index contributed by atoms with van der Waals surface area (Å²) in [5.41, 5.74) is 7.39. The fourth-order valence-electron chi connectivity index (χ4n) is 3.84. The first-order chi connectivity index (χ1) is 18.6. The average Bonchev–Trinajstić information content (AvgIpc) is 3.56. The number of carbonyl (C=O) groups is 5. The lowest BCUT2D eigenvalue weighted by Crippen LogP contribution is -2.58. The number of nitrogens with two attached hydrogens (primary N) is 1. The van der Waals surface area contributed by atoms with Gasteiger partial charge in [-0.3, -0.25) is 19.2 Å². The molecule has 3 rings (SSSR count). The van der Waals surface area contributed by atoms with Crippen LogP contribution in [0.3, 0.4) is 0 Å². The van der Waals surface area contributed by atoms with E-state index in [2.05, 4.69) is 30.9 Å². The van der Waals surface area contributed by atoms with E-state index in [9.17, 15) is 39.3 Å². The number of benzene rings is 1. The van der Waals surface area contributed by atoms with Crippen LogP contribution in [0.5, 0.6) is 0 Å². The summed E-state index contributed by atoms with van der Waals surface area (Å²) < 4.78 is 0. The number of aromatic amines is 2. The van der Waals surface area contributed by atoms with Gasteiger partial charge in [-0.25, -0.2) is 9.78 Å². The number of nitrogens with zero attached hydrogens (tertiary/aromatic N) is 1. The van der Waals surface area contributed by atoms with Gasteiger partial charge in [0.2, 0.25) is 17.7 Å². The summed E-state index contributed by atoms with van der Waals surface area (Å²) >= 11 is 0. The molecule has 2 heterocycles. The molecular weight excluding hydrogens is 514 g/mol. The van der Waals surface area contributed by atoms with Crippen LogP contribution in [0.4, 0.5) is 0 Å². The van der Waals surface area contributed by atoms with Crippen LogP contribution in [-0.2, 0) is 36.8 Å². The second-order valence-electron chi connectivity index (χ2n) is 8.75. The van der Waals surface area contributed by atoms with Crippen LogP contribution in [0.25, 0.3) is 10.9 Å². The van der Waals surface area contributed by atoms with Crippen LogP contribution >= 0.6 is 0 Å². The Hall–Kier alpha value is -4.76. The minimum Gasteiger partial charge on any atom is -0.481 e. The molecule has 3 amide bonds. The number of aliphatic hydroxyl groups is 1. The number of aliphatic carboxylic acids is 2. The molecule has 0 aliphatic carbocycles. The molecule has 0 aliphatic rings. The lowest BCUT2D eigenvalue weighted by molar-refractivity contribution is -0.143. The van der Waals surface area contributed by atoms with Gasteiger partial charge in [0.1, 0.15) is 24.2 Å². The quantitative estimate of drug-likeness (QED) is 0.108. The number of amides is 3. The van der Waals surface area contributed by atoms with Crippen LogP contribution in [0.15, 0.2) is 43.0 Å². The zero-order valence-electron chi connectivity index (χ0n) is 20.6. The zero-order chi connectivity index (χ0) is 28.5. The number of para-hydroxylation sites is 1. The molecule has 208 valence electrons. The number of nitrogens with one attached hydrogen (secondary N) is 5. The Morgan fingerprint density at radius 2 is 1.56 bits per heavy atom. The van der Waals surface area contributed by atoms with Crippen molar-refractivity contribution in [2.24, 2.45) is 5.73 Å². The summed E-state index contributed by atoms with van der Waals surface area (Å²) in [6.45, 7) is -0.690. The van der Waals surface area contributed by atoms with Gasteiger partial charge in [-0.05, 0) is 11.6 Å². The molecule has 15 heteroatoms. The number of hydrogen-bond donors (Lipinski definition) is 9. The van der Waals surface area contributed by atoms with Crippen LogP contribution < -0.4 is 21.7 Å². The maximum Gasteiger partial charge on any atom is 0.326 e. The molecule has 15 nitrogen and oxygen atoms in total. The summed E-state index contributed by atoms with van der Waals surface area (Å²) in [4.78, 5) is 71.3. The summed E-state index contributed by atoms with van der Waals surface area (Å²) in [6, 6.07) is 1.42. The monoisotopic (exact) mass is 543 g/mol. The normalized spacial score (nSPS) is 14.1. The summed E-state index contributed by atoms with van der Waals surface area (Å²) in [7, 11) is 0. The van der Waals surface area contributed by atoms with E-state index in [4.69, 9.17) is 5.73 Å². The third-order valence-corrected chi connectivity index (χ3v) is 5.87. The molecule has 0 radical (unpaired) electrons. The van der Waals surface area contributed by atoms with E-state index in [1.54, 1.807) is 24.4 Å². The highest BCUT2D eigenvalue weighted by molar-refractivity contribution is 5.96. The fraction of sp³-hybridized carbons (Fsp3) is 0.333. The molecule has 0 bridgehead atoms. The van der Waals surface area contributed by atoms with E-state index in [0.29, 0.717) is 11.3 Å². The number of carboxylic acid groups (broad SMARTS) is 2. The van der Waals surface area contributed by atoms with Crippen LogP contribution in [0.1, 0.15) is 17.7 Å². The standard InChI is InChI=1S/C24H29N7O8/c25-15(10-32)21(35)29-17(5-12-8-27-16-4-2-1-3-14(12)16)22(36)30-18(7-20(33)34)23(37)31-19(24(38)39)6-13-9-26-11-28-13/h1-4,8-9,11,15,17-19,27,32H,5-7,10,25H2,(H,26,28)(H,29,35)(H,30,36)(H,31,37)(H,33,34)(H,38,39). The minimum absolute atomic E-state index is 0.0707. The predicted octanol–water partition coefficient (Wildman–Crippen LogP) is -1.99. The van der Waals surface area contributed by atoms with E-state index in [1.165, 1.54) is 12.5 Å². The molecular formula is C24H29N7O8. The maximum atomic E-state index is 13.3. The SMILES string of the molecule is NC(CO)C(=O)NC(Cc1c[nH]c2ccccc12)C(=O)NC(CC(=O)O)C(=O)NC(Cc1cnc[nH]1)C(=O)O. The van der Waals surface area contributed by atoms with E-state index >= 15 is 0 Å². The van der Waals surface area contributed by atoms with Gasteiger partial charge in [-0.15, -0.1) is 0 Å². The van der Waals surface area contributed by atoms with Crippen molar-refractivity contribution in [3.05, 3.63) is 54.2 Å². The topological polar surface area (TPSA) is 253 Å². The van der Waals surface area contributed by atoms with Crippen molar-refractivity contribution in [1.29, 1.82) is 0 Å². The highest BCUT2D eigenvalue weighted by atomic mass is 16.4. The number of hydrogen-bond acceptors (Lipinski definition) is 8. The van der Waals surface area contributed by atoms with Crippen LogP contribution in [0.2, 0.25) is 0 Å². The minimum atomic E-state index is -1.67. The lowest BCUT2D eigenvalue weighted by atomic mass is 10.0. The molecule has 2 aromatic heterocycles. The average molecular weight is 544 g/mol. The molecule has 0 saturated heterocycles. The molecule has 39 heavy (non-hydrogen) atoms. The Morgan fingerprint density at radius 3 is 2.21 bits per heavy atom. The van der Waals surface area contributed by atoms with Crippen molar-refractivity contribution >= 4 is 40.6 Å². The summed E-state index contributed by atoms with van der Waals surface area (Å²) in [6.07, 6.45) is 3.23. The predicted molar refractivity (Wildman–Crippen MR) is 135 cm³/mol. The second-order valence-corrected chi connectivity index (χ2v) is 8.75. The second kappa shape index (κ2) is 13.2. The number of aliphatic hydroxyl groups excluding tert-OH is 1. The molecule has 0 fully saturated rings. The smallest absolute Gasteiger partial charge is 0.326 e. The molecule has 0 saturated carbocycles. The lowest BCUT2D eigenvalue weighted by Gasteiger charge is -2.24. The van der Waals surface area contributed by atoms with Gasteiger partial charge in [0.05, 0.1) is 19.4 Å². The Morgan fingerprint density at radius 1 is 0.897 bits per heavy atom. The molecule has 4 atom stereocenters. The van der Waals surface area contributed by atoms with Gasteiger partial charge >= 0.3 is 11.9 Å². The van der Waals surface area contributed by atoms with E-state index in [1.807, 2.05) is 6.07 Å². The number of H-pyrrole nitrogens is 2. The van der Waals surface area contributed by atoms with Gasteiger partial charge in [-0.1, -0.05) is 18.2 Å². The highest BCUT2D eigenvalue weighted by Gasteiger charge is 2.32. The maximum absolute atomic E-state index is 13.3. The first kappa shape index (κ1) is 28.8. The highest BCUT2D eigenvalue weighted by Crippen LogP contribution is 2.19. The summed E-state index contributed by atoms with van der Waals surface area (Å²) in [5, 5.41) is 35.8. The number of carbonyl (C=O) groups excluding carboxylic acids is 3. The molecule has 4 unspecified atom stereocenters. The van der Waals surface area contributed by atoms with E-state index < -0.39 is 66.9 Å². The zero-order valence-corrected chi connectivity index (χ0v) is 20.6. The van der Waals surface area contributed by atoms with Gasteiger partial charge in [0.25, 0.3) is 0 Å². The van der Waals surface area contributed by atoms with Gasteiger partial charge < -0.3 is 47.0 Å². The van der Waals surface area contributed by atoms with Crippen molar-refractivity contribution in [1.82, 2.24) is 30.9 Å². The largest absolute Gasteiger partial charge is 0.481 e. The number of rotatable bonds is 14. The Bertz CT molecular complexity index is 1320. The Labute approximate surface area is 221 Å². The van der Waals surface area contributed by atoms with Crippen LogP contribution in [0, 0.1) is 0 Å². The third-order valence-electron chi connectivity index (χ3n) is 5.87. The van der Waals surface area contributed by atoms with Gasteiger partial charge in [0, 0.05) is 41.8 Å². The van der Waals surface area contributed by atoms with Gasteiger partial charge in [0.15, 0.2) is 0 Å². The number of imidazole rings is 1. The number of aromatic nitrogens is 3. The van der Waals surface area contributed by atoms with Crippen molar-refractivity contribution in [2.45, 2.75) is 43.4 Å². The first-order valence-electron chi connectivity index (χ1n) is 11.8. The van der Waals surface area contributed by atoms with Crippen molar-refractivity contribution in [3.63, 3.8) is 0 Å². The van der Waals surface area contributed by atoms with Gasteiger partial charge in [-0.2, -0.15) is 0 Å². The van der Waals surface area contributed by atoms with E-state index in [0.717, 1.165) is 10.9 Å². The first-order valence-corrected chi connectivity index (χ1v) is 11.8. The number of fused-ring (bicyclic) bond motifs is 1. The summed E-state index contributed by atoms with van der Waals surface area (Å²) in [5.74, 6) is -5.64. The fourth-order valence-corrected chi connectivity index (χ4v) is 3.84. The molecule has 0 spiro atoms. The van der Waals surface area contributed by atoms with Crippen molar-refractivity contribution < 1.29 is 39.3 Å². The van der Waals surface area contributed by atoms with E-state index in [-0.39, 0.29) is 12.8 Å². The molecule has 0 aliphatic heterocycles. The third kappa shape index (κ3) is 7.86. The van der Waals surface area contributed by atoms with Crippen LogP contribution in [-0.4, -0.2) is 90.7 Å². The van der Waals surface area contributed by atoms with Crippen molar-refractivity contribution in [2.75, 3.05) is 6.61 Å².